The molecule has 1 atom stereocenters. The summed E-state index contributed by atoms with van der Waals surface area (Å²) in [5, 5.41) is 0. The highest BCUT2D eigenvalue weighted by atomic mass is 32.2. The number of carbonyl (C=O) groups is 1. The minimum Gasteiger partial charge on any atom is -0.444 e. The molecule has 0 aromatic carbocycles. The van der Waals surface area contributed by atoms with E-state index in [-0.39, 0.29) is 19.6 Å². The first-order valence-corrected chi connectivity index (χ1v) is 8.99. The number of ether oxygens (including phenoxy) is 1. The maximum atomic E-state index is 12.2. The predicted molar refractivity (Wildman–Crippen MR) is 84.6 cm³/mol. The summed E-state index contributed by atoms with van der Waals surface area (Å²) in [5.74, 6) is 0. The molecule has 0 bridgehead atoms. The smallest absolute Gasteiger partial charge is 0.410 e. The molecular weight excluding hydrogens is 308 g/mol. The molecule has 130 valence electrons. The number of hydrogen-bond donors (Lipinski definition) is 2. The van der Waals surface area contributed by atoms with Crippen molar-refractivity contribution in [2.45, 2.75) is 45.8 Å². The van der Waals surface area contributed by atoms with E-state index < -0.39 is 27.9 Å². The molecule has 0 radical (unpaired) electrons. The molecule has 0 aromatic rings. The molecular formula is C13H28N4O4S. The van der Waals surface area contributed by atoms with Crippen LogP contribution in [0.5, 0.6) is 0 Å². The van der Waals surface area contributed by atoms with Crippen LogP contribution >= 0.6 is 0 Å². The quantitative estimate of drug-likeness (QED) is 0.741. The van der Waals surface area contributed by atoms with Crippen molar-refractivity contribution in [3.05, 3.63) is 0 Å². The molecule has 1 aliphatic rings. The molecule has 1 saturated heterocycles. The summed E-state index contributed by atoms with van der Waals surface area (Å²) in [7, 11) is -3.57. The number of piperazine rings is 1. The Bertz CT molecular complexity index is 475. The van der Waals surface area contributed by atoms with Crippen molar-refractivity contribution in [2.24, 2.45) is 5.73 Å². The van der Waals surface area contributed by atoms with Crippen LogP contribution in [0.15, 0.2) is 0 Å². The Hall–Kier alpha value is -0.900. The Morgan fingerprint density at radius 2 is 2.00 bits per heavy atom. The Kier molecular flexibility index (Phi) is 6.60. The van der Waals surface area contributed by atoms with Crippen LogP contribution < -0.4 is 10.5 Å². The lowest BCUT2D eigenvalue weighted by Crippen LogP contribution is -2.61. The van der Waals surface area contributed by atoms with E-state index in [9.17, 15) is 13.2 Å². The lowest BCUT2D eigenvalue weighted by atomic mass is 10.2. The fourth-order valence-electron chi connectivity index (χ4n) is 2.15. The second-order valence-electron chi connectivity index (χ2n) is 6.33. The van der Waals surface area contributed by atoms with Gasteiger partial charge >= 0.3 is 6.09 Å². The molecule has 1 amide bonds. The zero-order chi connectivity index (χ0) is 17.0. The van der Waals surface area contributed by atoms with Gasteiger partial charge in [0.1, 0.15) is 5.60 Å². The number of hydrogen-bond acceptors (Lipinski definition) is 5. The largest absolute Gasteiger partial charge is 0.444 e. The SMILES string of the molecule is CCCNS(=O)(=O)N1CCN(C(=O)OC(C)(C)C)CC1CN. The summed E-state index contributed by atoms with van der Waals surface area (Å²) in [4.78, 5) is 13.6. The van der Waals surface area contributed by atoms with Gasteiger partial charge in [0, 0.05) is 32.7 Å². The topological polar surface area (TPSA) is 105 Å². The second kappa shape index (κ2) is 7.58. The van der Waals surface area contributed by atoms with Gasteiger partial charge in [-0.1, -0.05) is 6.92 Å². The minimum atomic E-state index is -3.57. The van der Waals surface area contributed by atoms with Gasteiger partial charge in [-0.05, 0) is 27.2 Å². The number of carbonyl (C=O) groups excluding carboxylic acids is 1. The van der Waals surface area contributed by atoms with Crippen molar-refractivity contribution in [1.29, 1.82) is 0 Å². The standard InChI is InChI=1S/C13H28N4O4S/c1-5-6-15-22(19,20)17-8-7-16(10-11(17)9-14)12(18)21-13(2,3)4/h11,15H,5-10,14H2,1-4H3. The molecule has 1 fully saturated rings. The van der Waals surface area contributed by atoms with Crippen LogP contribution in [0.3, 0.4) is 0 Å². The Morgan fingerprint density at radius 3 is 2.50 bits per heavy atom. The third-order valence-corrected chi connectivity index (χ3v) is 4.86. The fraction of sp³-hybridized carbons (Fsp3) is 0.923. The van der Waals surface area contributed by atoms with Gasteiger partial charge in [0.25, 0.3) is 10.2 Å². The molecule has 22 heavy (non-hydrogen) atoms. The molecule has 1 unspecified atom stereocenters. The van der Waals surface area contributed by atoms with Crippen LogP contribution in [0.4, 0.5) is 4.79 Å². The molecule has 0 aromatic heterocycles. The maximum absolute atomic E-state index is 12.2. The maximum Gasteiger partial charge on any atom is 0.410 e. The highest BCUT2D eigenvalue weighted by Crippen LogP contribution is 2.16. The normalized spacial score (nSPS) is 21.0. The van der Waals surface area contributed by atoms with Gasteiger partial charge in [-0.3, -0.25) is 0 Å². The summed E-state index contributed by atoms with van der Waals surface area (Å²) in [6, 6.07) is -0.448. The third-order valence-electron chi connectivity index (χ3n) is 3.20. The molecule has 0 saturated carbocycles. The second-order valence-corrected chi connectivity index (χ2v) is 8.03. The van der Waals surface area contributed by atoms with E-state index >= 15 is 0 Å². The summed E-state index contributed by atoms with van der Waals surface area (Å²) in [6.07, 6.45) is 0.272. The average Bonchev–Trinajstić information content (AvgIpc) is 2.42. The zero-order valence-corrected chi connectivity index (χ0v) is 14.6. The number of amides is 1. The van der Waals surface area contributed by atoms with Crippen LogP contribution in [-0.4, -0.2) is 68.1 Å². The van der Waals surface area contributed by atoms with Gasteiger partial charge in [-0.25, -0.2) is 9.52 Å². The third kappa shape index (κ3) is 5.38. The summed E-state index contributed by atoms with van der Waals surface area (Å²) in [6.45, 7) is 8.53. The lowest BCUT2D eigenvalue weighted by Gasteiger charge is -2.40. The van der Waals surface area contributed by atoms with E-state index in [1.54, 1.807) is 20.8 Å². The van der Waals surface area contributed by atoms with Gasteiger partial charge in [0.2, 0.25) is 0 Å². The first-order chi connectivity index (χ1) is 10.1. The van der Waals surface area contributed by atoms with E-state index in [0.29, 0.717) is 19.5 Å². The van der Waals surface area contributed by atoms with Crippen molar-refractivity contribution in [1.82, 2.24) is 13.9 Å². The fourth-order valence-corrected chi connectivity index (χ4v) is 3.65. The Labute approximate surface area is 133 Å². The van der Waals surface area contributed by atoms with Gasteiger partial charge in [0.05, 0.1) is 6.04 Å². The van der Waals surface area contributed by atoms with E-state index in [1.165, 1.54) is 9.21 Å². The van der Waals surface area contributed by atoms with Crippen molar-refractivity contribution >= 4 is 16.3 Å². The number of nitrogens with two attached hydrogens (primary N) is 1. The predicted octanol–water partition coefficient (Wildman–Crippen LogP) is 0.111. The van der Waals surface area contributed by atoms with E-state index in [1.807, 2.05) is 6.92 Å². The van der Waals surface area contributed by atoms with E-state index in [4.69, 9.17) is 10.5 Å². The summed E-state index contributed by atoms with van der Waals surface area (Å²) in [5.41, 5.74) is 5.11. The van der Waals surface area contributed by atoms with Crippen LogP contribution in [0.2, 0.25) is 0 Å². The lowest BCUT2D eigenvalue weighted by molar-refractivity contribution is 0.0137. The van der Waals surface area contributed by atoms with Crippen LogP contribution in [0.1, 0.15) is 34.1 Å². The highest BCUT2D eigenvalue weighted by molar-refractivity contribution is 7.87. The first kappa shape index (κ1) is 19.1. The average molecular weight is 336 g/mol. The number of nitrogens with zero attached hydrogens (tertiary/aromatic N) is 2. The minimum absolute atomic E-state index is 0.145. The summed E-state index contributed by atoms with van der Waals surface area (Å²) < 4.78 is 33.7. The molecule has 1 heterocycles. The molecule has 9 heteroatoms. The zero-order valence-electron chi connectivity index (χ0n) is 13.8. The summed E-state index contributed by atoms with van der Waals surface area (Å²) >= 11 is 0. The van der Waals surface area contributed by atoms with Crippen molar-refractivity contribution in [2.75, 3.05) is 32.7 Å². The first-order valence-electron chi connectivity index (χ1n) is 7.55. The van der Waals surface area contributed by atoms with Gasteiger partial charge in [-0.2, -0.15) is 12.7 Å². The number of nitrogens with one attached hydrogen (secondary N) is 1. The van der Waals surface area contributed by atoms with Gasteiger partial charge in [0.15, 0.2) is 0 Å². The van der Waals surface area contributed by atoms with E-state index in [2.05, 4.69) is 4.72 Å². The van der Waals surface area contributed by atoms with Crippen LogP contribution in [0.25, 0.3) is 0 Å². The molecule has 0 spiro atoms. The Balaban J connectivity index is 2.74. The molecule has 0 aliphatic carbocycles. The highest BCUT2D eigenvalue weighted by Gasteiger charge is 2.36. The van der Waals surface area contributed by atoms with Gasteiger partial charge < -0.3 is 15.4 Å². The Morgan fingerprint density at radius 1 is 1.36 bits per heavy atom. The monoisotopic (exact) mass is 336 g/mol. The molecule has 3 N–H and O–H groups in total. The molecule has 1 rings (SSSR count). The molecule has 1 aliphatic heterocycles. The van der Waals surface area contributed by atoms with E-state index in [0.717, 1.165) is 0 Å². The van der Waals surface area contributed by atoms with Crippen molar-refractivity contribution in [3.63, 3.8) is 0 Å². The van der Waals surface area contributed by atoms with Crippen molar-refractivity contribution in [3.8, 4) is 0 Å². The van der Waals surface area contributed by atoms with Crippen molar-refractivity contribution < 1.29 is 17.9 Å². The van der Waals surface area contributed by atoms with Crippen LogP contribution in [0, 0.1) is 0 Å². The van der Waals surface area contributed by atoms with Crippen LogP contribution in [-0.2, 0) is 14.9 Å². The number of rotatable bonds is 5. The molecule has 8 nitrogen and oxygen atoms in total. The van der Waals surface area contributed by atoms with Gasteiger partial charge in [-0.15, -0.1) is 0 Å².